The number of benzene rings is 2. The molecule has 0 spiro atoms. The number of fused-ring (bicyclic) bond motifs is 1. The number of urea groups is 1. The first kappa shape index (κ1) is 23.3. The topological polar surface area (TPSA) is 69.7 Å². The summed E-state index contributed by atoms with van der Waals surface area (Å²) in [4.78, 5) is 41.5. The second-order valence-electron chi connectivity index (χ2n) is 9.01. The summed E-state index contributed by atoms with van der Waals surface area (Å²) in [5.41, 5.74) is 3.04. The molecule has 1 fully saturated rings. The number of imide groups is 2. The van der Waals surface area contributed by atoms with E-state index in [4.69, 9.17) is 23.2 Å². The third-order valence-corrected chi connectivity index (χ3v) is 7.12. The van der Waals surface area contributed by atoms with Crippen LogP contribution in [-0.4, -0.2) is 29.9 Å². The number of nitrogens with zero attached hydrogens (tertiary/aromatic N) is 2. The molecule has 1 saturated heterocycles. The molecule has 2 heterocycles. The van der Waals surface area contributed by atoms with Gasteiger partial charge in [0.05, 0.1) is 15.7 Å². The molecule has 8 heteroatoms. The van der Waals surface area contributed by atoms with Crippen molar-refractivity contribution >= 4 is 58.5 Å². The van der Waals surface area contributed by atoms with E-state index in [-0.39, 0.29) is 26.8 Å². The van der Waals surface area contributed by atoms with Gasteiger partial charge in [-0.05, 0) is 74.6 Å². The molecule has 1 unspecified atom stereocenters. The first-order valence-electron chi connectivity index (χ1n) is 10.8. The van der Waals surface area contributed by atoms with Gasteiger partial charge in [0.15, 0.2) is 0 Å². The lowest BCUT2D eigenvalue weighted by atomic mass is 9.79. The van der Waals surface area contributed by atoms with Gasteiger partial charge in [-0.3, -0.25) is 14.9 Å². The van der Waals surface area contributed by atoms with Crippen LogP contribution in [0.3, 0.4) is 0 Å². The van der Waals surface area contributed by atoms with Crippen molar-refractivity contribution in [1.82, 2.24) is 5.32 Å². The van der Waals surface area contributed by atoms with Gasteiger partial charge in [0, 0.05) is 17.8 Å². The zero-order valence-electron chi connectivity index (χ0n) is 18.9. The largest absolute Gasteiger partial charge is 0.366 e. The highest BCUT2D eigenvalue weighted by atomic mass is 35.5. The Morgan fingerprint density at radius 1 is 1.12 bits per heavy atom. The molecule has 0 bridgehead atoms. The molecular weight excluding hydrogens is 461 g/mol. The minimum Gasteiger partial charge on any atom is -0.366 e. The van der Waals surface area contributed by atoms with E-state index >= 15 is 0 Å². The summed E-state index contributed by atoms with van der Waals surface area (Å²) in [5, 5.41) is 2.48. The number of carbonyl (C=O) groups excluding carboxylic acids is 3. The number of rotatable bonds is 3. The summed E-state index contributed by atoms with van der Waals surface area (Å²) < 4.78 is 0. The van der Waals surface area contributed by atoms with E-state index in [0.717, 1.165) is 23.6 Å². The summed E-state index contributed by atoms with van der Waals surface area (Å²) in [7, 11) is 0. The summed E-state index contributed by atoms with van der Waals surface area (Å²) >= 11 is 12.3. The summed E-state index contributed by atoms with van der Waals surface area (Å²) in [6, 6.07) is 9.69. The molecule has 0 saturated carbocycles. The number of hydrogen-bond acceptors (Lipinski definition) is 4. The predicted octanol–water partition coefficient (Wildman–Crippen LogP) is 5.77. The van der Waals surface area contributed by atoms with Gasteiger partial charge >= 0.3 is 6.03 Å². The molecule has 4 rings (SSSR count). The second kappa shape index (κ2) is 8.50. The van der Waals surface area contributed by atoms with Crippen molar-refractivity contribution in [2.45, 2.75) is 45.6 Å². The standard InChI is InChI=1S/C25H25Cl2N3O3/c1-5-29-19-10-9-15(11-16(19)14(2)13-25(29,3)4)12-17-22(31)28-24(33)30(23(17)32)20-8-6-7-18(26)21(20)27/h6-12,14H,5,13H2,1-4H3,(H,28,31,33)/b17-12-. The maximum atomic E-state index is 13.2. The SMILES string of the molecule is CCN1c2ccc(/C=C3/C(=O)NC(=O)N(c4cccc(Cl)c4Cl)C3=O)cc2C(C)CC1(C)C. The van der Waals surface area contributed by atoms with Gasteiger partial charge in [0.2, 0.25) is 0 Å². The first-order valence-corrected chi connectivity index (χ1v) is 11.6. The van der Waals surface area contributed by atoms with Crippen LogP contribution in [0.2, 0.25) is 10.0 Å². The first-order chi connectivity index (χ1) is 15.5. The maximum Gasteiger partial charge on any atom is 0.336 e. The van der Waals surface area contributed by atoms with E-state index in [2.05, 4.69) is 37.9 Å². The molecule has 4 amide bonds. The van der Waals surface area contributed by atoms with Gasteiger partial charge in [-0.15, -0.1) is 0 Å². The van der Waals surface area contributed by atoms with Crippen molar-refractivity contribution in [2.24, 2.45) is 0 Å². The highest BCUT2D eigenvalue weighted by molar-refractivity contribution is 6.46. The Morgan fingerprint density at radius 2 is 1.85 bits per heavy atom. The Bertz CT molecular complexity index is 1210. The molecule has 0 radical (unpaired) electrons. The molecule has 2 aliphatic heterocycles. The molecular formula is C25H25Cl2N3O3. The van der Waals surface area contributed by atoms with Crippen LogP contribution in [0, 0.1) is 0 Å². The third-order valence-electron chi connectivity index (χ3n) is 6.31. The van der Waals surface area contributed by atoms with E-state index in [1.165, 1.54) is 17.7 Å². The number of anilines is 2. The van der Waals surface area contributed by atoms with E-state index in [9.17, 15) is 14.4 Å². The van der Waals surface area contributed by atoms with Crippen molar-refractivity contribution < 1.29 is 14.4 Å². The van der Waals surface area contributed by atoms with Gasteiger partial charge in [-0.2, -0.15) is 0 Å². The van der Waals surface area contributed by atoms with Crippen molar-refractivity contribution in [3.63, 3.8) is 0 Å². The van der Waals surface area contributed by atoms with Crippen LogP contribution < -0.4 is 15.1 Å². The van der Waals surface area contributed by atoms with Crippen molar-refractivity contribution in [2.75, 3.05) is 16.3 Å². The Kier molecular flexibility index (Phi) is 6.01. The summed E-state index contributed by atoms with van der Waals surface area (Å²) in [6.07, 6.45) is 2.50. The summed E-state index contributed by atoms with van der Waals surface area (Å²) in [6.45, 7) is 9.68. The van der Waals surface area contributed by atoms with Crippen LogP contribution in [0.5, 0.6) is 0 Å². The normalized spacial score (nSPS) is 21.3. The minimum atomic E-state index is -0.869. The highest BCUT2D eigenvalue weighted by Crippen LogP contribution is 2.43. The number of nitrogens with one attached hydrogen (secondary N) is 1. The molecule has 0 aromatic heterocycles. The zero-order valence-corrected chi connectivity index (χ0v) is 20.4. The average Bonchev–Trinajstić information content (AvgIpc) is 2.74. The molecule has 2 aromatic carbocycles. The van der Waals surface area contributed by atoms with Gasteiger partial charge < -0.3 is 4.90 Å². The van der Waals surface area contributed by atoms with Gasteiger partial charge in [-0.25, -0.2) is 9.69 Å². The van der Waals surface area contributed by atoms with E-state index in [1.54, 1.807) is 12.1 Å². The Balaban J connectivity index is 1.75. The summed E-state index contributed by atoms with van der Waals surface area (Å²) in [5.74, 6) is -1.19. The number of amides is 4. The fourth-order valence-electron chi connectivity index (χ4n) is 4.91. The van der Waals surface area contributed by atoms with Crippen molar-refractivity contribution in [1.29, 1.82) is 0 Å². The number of barbiturate groups is 1. The Hall–Kier alpha value is -2.83. The van der Waals surface area contributed by atoms with Crippen LogP contribution in [0.1, 0.15) is 51.2 Å². The molecule has 0 aliphatic carbocycles. The van der Waals surface area contributed by atoms with Crippen molar-refractivity contribution in [3.8, 4) is 0 Å². The monoisotopic (exact) mass is 485 g/mol. The molecule has 1 N–H and O–H groups in total. The van der Waals surface area contributed by atoms with Crippen molar-refractivity contribution in [3.05, 3.63) is 63.1 Å². The lowest BCUT2D eigenvalue weighted by Crippen LogP contribution is -2.54. The Morgan fingerprint density at radius 3 is 2.55 bits per heavy atom. The lowest BCUT2D eigenvalue weighted by Gasteiger charge is -2.47. The fourth-order valence-corrected chi connectivity index (χ4v) is 5.29. The maximum absolute atomic E-state index is 13.2. The van der Waals surface area contributed by atoms with Gasteiger partial charge in [0.25, 0.3) is 11.8 Å². The smallest absolute Gasteiger partial charge is 0.336 e. The quantitative estimate of drug-likeness (QED) is 0.442. The second-order valence-corrected chi connectivity index (χ2v) is 9.80. The highest BCUT2D eigenvalue weighted by Gasteiger charge is 2.39. The molecule has 1 atom stereocenters. The predicted molar refractivity (Wildman–Crippen MR) is 132 cm³/mol. The lowest BCUT2D eigenvalue weighted by molar-refractivity contribution is -0.122. The van der Waals surface area contributed by atoms with E-state index in [0.29, 0.717) is 11.5 Å². The van der Waals surface area contributed by atoms with Crippen LogP contribution in [0.25, 0.3) is 6.08 Å². The Labute approximate surface area is 203 Å². The molecule has 33 heavy (non-hydrogen) atoms. The molecule has 2 aromatic rings. The van der Waals surface area contributed by atoms with Crippen LogP contribution in [0.15, 0.2) is 42.0 Å². The average molecular weight is 486 g/mol. The van der Waals surface area contributed by atoms with Gasteiger partial charge in [-0.1, -0.05) is 42.3 Å². The molecule has 6 nitrogen and oxygen atoms in total. The molecule has 2 aliphatic rings. The minimum absolute atomic E-state index is 0.0391. The van der Waals surface area contributed by atoms with Gasteiger partial charge in [0.1, 0.15) is 5.57 Å². The fraction of sp³-hybridized carbons (Fsp3) is 0.320. The number of carbonyl (C=O) groups is 3. The third kappa shape index (κ3) is 4.02. The van der Waals surface area contributed by atoms with E-state index < -0.39 is 17.8 Å². The number of hydrogen-bond donors (Lipinski definition) is 1. The number of halogens is 2. The van der Waals surface area contributed by atoms with Crippen LogP contribution in [-0.2, 0) is 9.59 Å². The van der Waals surface area contributed by atoms with E-state index in [1.807, 2.05) is 18.2 Å². The zero-order chi connectivity index (χ0) is 24.1. The molecule has 172 valence electrons. The van der Waals surface area contributed by atoms with Crippen LogP contribution in [0.4, 0.5) is 16.2 Å². The van der Waals surface area contributed by atoms with Crippen LogP contribution >= 0.6 is 23.2 Å².